The van der Waals surface area contributed by atoms with Crippen LogP contribution in [-0.2, 0) is 11.2 Å². The molecule has 0 atom stereocenters. The number of piperidine rings is 1. The van der Waals surface area contributed by atoms with Crippen LogP contribution >= 0.6 is 24.0 Å². The van der Waals surface area contributed by atoms with E-state index in [-0.39, 0.29) is 42.2 Å². The highest BCUT2D eigenvalue weighted by atomic mass is 127. The largest absolute Gasteiger partial charge is 0.356 e. The molecule has 1 fully saturated rings. The Kier molecular flexibility index (Phi) is 9.66. The summed E-state index contributed by atoms with van der Waals surface area (Å²) in [5, 5.41) is 6.18. The number of hydrogen-bond acceptors (Lipinski definition) is 2. The number of hydrogen-bond donors (Lipinski definition) is 2. The molecule has 0 radical (unpaired) electrons. The summed E-state index contributed by atoms with van der Waals surface area (Å²) in [4.78, 5) is 18.1. The average molecular weight is 448 g/mol. The van der Waals surface area contributed by atoms with Crippen LogP contribution in [0.25, 0.3) is 0 Å². The van der Waals surface area contributed by atoms with E-state index in [1.807, 2.05) is 11.0 Å². The van der Waals surface area contributed by atoms with E-state index in [0.29, 0.717) is 18.9 Å². The molecule has 1 heterocycles. The quantitative estimate of drug-likeness (QED) is 0.413. The van der Waals surface area contributed by atoms with Crippen LogP contribution in [0.5, 0.6) is 0 Å². The molecule has 7 heteroatoms. The number of aliphatic imine (C=N–C) groups is 1. The van der Waals surface area contributed by atoms with Gasteiger partial charge in [-0.05, 0) is 43.4 Å². The SMILES string of the molecule is CN=C(NCCc1cccc(F)c1)NCC(=O)N1CCCCC1.I. The van der Waals surface area contributed by atoms with Crippen molar-refractivity contribution in [2.45, 2.75) is 25.7 Å². The Labute approximate surface area is 160 Å². The minimum absolute atomic E-state index is 0. The number of halogens is 2. The molecular formula is C17H26FIN4O. The van der Waals surface area contributed by atoms with Crippen LogP contribution in [0.15, 0.2) is 29.3 Å². The van der Waals surface area contributed by atoms with Crippen molar-refractivity contribution in [2.75, 3.05) is 33.2 Å². The summed E-state index contributed by atoms with van der Waals surface area (Å²) in [5.74, 6) is 0.474. The van der Waals surface area contributed by atoms with E-state index in [1.165, 1.54) is 18.6 Å². The Morgan fingerprint density at radius 1 is 1.25 bits per heavy atom. The summed E-state index contributed by atoms with van der Waals surface area (Å²) in [5.41, 5.74) is 0.928. The van der Waals surface area contributed by atoms with Gasteiger partial charge in [-0.25, -0.2) is 4.39 Å². The number of rotatable bonds is 5. The second kappa shape index (κ2) is 11.2. The zero-order chi connectivity index (χ0) is 16.5. The van der Waals surface area contributed by atoms with Crippen molar-refractivity contribution >= 4 is 35.8 Å². The molecular weight excluding hydrogens is 422 g/mol. The lowest BCUT2D eigenvalue weighted by molar-refractivity contribution is -0.130. The third-order valence-electron chi connectivity index (χ3n) is 3.93. The molecule has 5 nitrogen and oxygen atoms in total. The van der Waals surface area contributed by atoms with Crippen LogP contribution in [0, 0.1) is 5.82 Å². The maximum atomic E-state index is 13.1. The molecule has 134 valence electrons. The lowest BCUT2D eigenvalue weighted by atomic mass is 10.1. The molecule has 1 saturated heterocycles. The minimum atomic E-state index is -0.225. The molecule has 0 saturated carbocycles. The van der Waals surface area contributed by atoms with E-state index in [9.17, 15) is 9.18 Å². The van der Waals surface area contributed by atoms with E-state index in [2.05, 4.69) is 15.6 Å². The summed E-state index contributed by atoms with van der Waals surface area (Å²) in [7, 11) is 1.67. The molecule has 0 bridgehead atoms. The van der Waals surface area contributed by atoms with Crippen molar-refractivity contribution in [3.8, 4) is 0 Å². The Morgan fingerprint density at radius 3 is 2.67 bits per heavy atom. The molecule has 1 aromatic rings. The standard InChI is InChI=1S/C17H25FN4O.HI/c1-19-17(20-9-8-14-6-5-7-15(18)12-14)21-13-16(23)22-10-3-2-4-11-22;/h5-7,12H,2-4,8-11,13H2,1H3,(H2,19,20,21);1H. The monoisotopic (exact) mass is 448 g/mol. The summed E-state index contributed by atoms with van der Waals surface area (Å²) in [6, 6.07) is 6.55. The molecule has 2 N–H and O–H groups in total. The van der Waals surface area contributed by atoms with Gasteiger partial charge in [-0.1, -0.05) is 12.1 Å². The topological polar surface area (TPSA) is 56.7 Å². The number of nitrogens with one attached hydrogen (secondary N) is 2. The van der Waals surface area contributed by atoms with E-state index in [0.717, 1.165) is 31.5 Å². The Bertz CT molecular complexity index is 547. The molecule has 2 rings (SSSR count). The first-order valence-electron chi connectivity index (χ1n) is 8.16. The first kappa shape index (κ1) is 20.7. The Hall–Kier alpha value is -1.38. The lowest BCUT2D eigenvalue weighted by Crippen LogP contribution is -2.46. The fourth-order valence-corrected chi connectivity index (χ4v) is 2.65. The van der Waals surface area contributed by atoms with Gasteiger partial charge < -0.3 is 15.5 Å². The first-order chi connectivity index (χ1) is 11.2. The molecule has 0 unspecified atom stereocenters. The van der Waals surface area contributed by atoms with Crippen LogP contribution in [0.3, 0.4) is 0 Å². The van der Waals surface area contributed by atoms with Crippen LogP contribution in [0.2, 0.25) is 0 Å². The molecule has 0 aromatic heterocycles. The van der Waals surface area contributed by atoms with Crippen molar-refractivity contribution in [2.24, 2.45) is 4.99 Å². The van der Waals surface area contributed by atoms with Gasteiger partial charge in [0.2, 0.25) is 5.91 Å². The number of carbonyl (C=O) groups excluding carboxylic acids is 1. The third-order valence-corrected chi connectivity index (χ3v) is 3.93. The highest BCUT2D eigenvalue weighted by Gasteiger charge is 2.16. The summed E-state index contributed by atoms with van der Waals surface area (Å²) in [6.07, 6.45) is 4.08. The van der Waals surface area contributed by atoms with Crippen LogP contribution in [0.4, 0.5) is 4.39 Å². The van der Waals surface area contributed by atoms with E-state index < -0.39 is 0 Å². The van der Waals surface area contributed by atoms with Crippen molar-refractivity contribution in [3.63, 3.8) is 0 Å². The smallest absolute Gasteiger partial charge is 0.241 e. The van der Waals surface area contributed by atoms with Crippen molar-refractivity contribution < 1.29 is 9.18 Å². The maximum Gasteiger partial charge on any atom is 0.241 e. The van der Waals surface area contributed by atoms with Crippen molar-refractivity contribution in [3.05, 3.63) is 35.6 Å². The van der Waals surface area contributed by atoms with Gasteiger partial charge in [0.05, 0.1) is 6.54 Å². The van der Waals surface area contributed by atoms with Gasteiger partial charge >= 0.3 is 0 Å². The second-order valence-corrected chi connectivity index (χ2v) is 5.67. The summed E-state index contributed by atoms with van der Waals surface area (Å²) >= 11 is 0. The van der Waals surface area contributed by atoms with Crippen molar-refractivity contribution in [1.29, 1.82) is 0 Å². The minimum Gasteiger partial charge on any atom is -0.356 e. The van der Waals surface area contributed by atoms with E-state index in [4.69, 9.17) is 0 Å². The zero-order valence-corrected chi connectivity index (χ0v) is 16.4. The molecule has 1 amide bonds. The Morgan fingerprint density at radius 2 is 2.00 bits per heavy atom. The van der Waals surface area contributed by atoms with Gasteiger partial charge in [0.15, 0.2) is 5.96 Å². The number of amides is 1. The van der Waals surface area contributed by atoms with Gasteiger partial charge in [-0.3, -0.25) is 9.79 Å². The molecule has 1 aliphatic rings. The number of likely N-dealkylation sites (tertiary alicyclic amines) is 1. The van der Waals surface area contributed by atoms with Crippen LogP contribution in [-0.4, -0.2) is 50.0 Å². The van der Waals surface area contributed by atoms with Gasteiger partial charge in [-0.15, -0.1) is 24.0 Å². The summed E-state index contributed by atoms with van der Waals surface area (Å²) < 4.78 is 13.1. The average Bonchev–Trinajstić information content (AvgIpc) is 2.58. The molecule has 1 aliphatic heterocycles. The van der Waals surface area contributed by atoms with Gasteiger partial charge in [-0.2, -0.15) is 0 Å². The lowest BCUT2D eigenvalue weighted by Gasteiger charge is -2.27. The van der Waals surface area contributed by atoms with Crippen molar-refractivity contribution in [1.82, 2.24) is 15.5 Å². The zero-order valence-electron chi connectivity index (χ0n) is 14.1. The maximum absolute atomic E-state index is 13.1. The summed E-state index contributed by atoms with van der Waals surface area (Å²) in [6.45, 7) is 2.58. The van der Waals surface area contributed by atoms with Crippen LogP contribution < -0.4 is 10.6 Å². The third kappa shape index (κ3) is 7.02. The number of nitrogens with zero attached hydrogens (tertiary/aromatic N) is 2. The highest BCUT2D eigenvalue weighted by molar-refractivity contribution is 14.0. The fourth-order valence-electron chi connectivity index (χ4n) is 2.65. The van der Waals surface area contributed by atoms with Gasteiger partial charge in [0.25, 0.3) is 0 Å². The highest BCUT2D eigenvalue weighted by Crippen LogP contribution is 2.08. The molecule has 1 aromatic carbocycles. The fraction of sp³-hybridized carbons (Fsp3) is 0.529. The Balaban J connectivity index is 0.00000288. The van der Waals surface area contributed by atoms with Gasteiger partial charge in [0.1, 0.15) is 5.82 Å². The first-order valence-corrected chi connectivity index (χ1v) is 8.16. The van der Waals surface area contributed by atoms with Gasteiger partial charge in [0, 0.05) is 26.7 Å². The number of benzene rings is 1. The predicted molar refractivity (Wildman–Crippen MR) is 105 cm³/mol. The molecule has 0 spiro atoms. The second-order valence-electron chi connectivity index (χ2n) is 5.67. The number of guanidine groups is 1. The van der Waals surface area contributed by atoms with E-state index >= 15 is 0 Å². The van der Waals surface area contributed by atoms with Crippen LogP contribution in [0.1, 0.15) is 24.8 Å². The van der Waals surface area contributed by atoms with E-state index in [1.54, 1.807) is 13.1 Å². The predicted octanol–water partition coefficient (Wildman–Crippen LogP) is 2.16. The normalized spacial score (nSPS) is 14.8. The molecule has 24 heavy (non-hydrogen) atoms. The molecule has 0 aliphatic carbocycles. The number of carbonyl (C=O) groups is 1.